The van der Waals surface area contributed by atoms with Gasteiger partial charge in [-0.15, -0.1) is 0 Å². The van der Waals surface area contributed by atoms with Gasteiger partial charge < -0.3 is 9.47 Å². The second-order valence-corrected chi connectivity index (χ2v) is 3.30. The van der Waals surface area contributed by atoms with E-state index in [1.54, 1.807) is 18.4 Å². The summed E-state index contributed by atoms with van der Waals surface area (Å²) >= 11 is 0. The Morgan fingerprint density at radius 3 is 2.88 bits per heavy atom. The minimum absolute atomic E-state index is 0.272. The number of para-hydroxylation sites is 1. The van der Waals surface area contributed by atoms with E-state index in [0.29, 0.717) is 0 Å². The monoisotopic (exact) mass is 227 g/mol. The molecule has 1 heterocycles. The lowest BCUT2D eigenvalue weighted by atomic mass is 10.1. The average molecular weight is 227 g/mol. The Bertz CT molecular complexity index is 484. The van der Waals surface area contributed by atoms with E-state index in [4.69, 9.17) is 9.47 Å². The van der Waals surface area contributed by atoms with Crippen LogP contribution in [0.1, 0.15) is 5.56 Å². The van der Waals surface area contributed by atoms with Crippen LogP contribution in [-0.4, -0.2) is 13.1 Å². The minimum atomic E-state index is 0.272. The molecule has 0 unspecified atom stereocenters. The summed E-state index contributed by atoms with van der Waals surface area (Å²) in [7, 11) is 0. The van der Waals surface area contributed by atoms with Crippen molar-refractivity contribution in [2.45, 2.75) is 0 Å². The van der Waals surface area contributed by atoms with E-state index in [1.807, 2.05) is 36.4 Å². The third kappa shape index (κ3) is 2.84. The van der Waals surface area contributed by atoms with E-state index in [-0.39, 0.29) is 6.79 Å². The van der Waals surface area contributed by atoms with Crippen LogP contribution in [0.4, 0.5) is 0 Å². The summed E-state index contributed by atoms with van der Waals surface area (Å²) < 4.78 is 10.6. The van der Waals surface area contributed by atoms with Gasteiger partial charge in [-0.05, 0) is 12.1 Å². The van der Waals surface area contributed by atoms with E-state index >= 15 is 0 Å². The second-order valence-electron chi connectivity index (χ2n) is 3.30. The molecule has 3 nitrogen and oxygen atoms in total. The molecule has 1 aromatic carbocycles. The summed E-state index contributed by atoms with van der Waals surface area (Å²) in [6.45, 7) is 0.272. The van der Waals surface area contributed by atoms with Crippen molar-refractivity contribution < 1.29 is 14.3 Å². The van der Waals surface area contributed by atoms with Crippen molar-refractivity contribution in [3.8, 4) is 11.5 Å². The number of ether oxygens (including phenoxy) is 2. The summed E-state index contributed by atoms with van der Waals surface area (Å²) in [6.07, 6.45) is 12.0. The van der Waals surface area contributed by atoms with Crippen LogP contribution >= 0.6 is 0 Å². The molecule has 17 heavy (non-hydrogen) atoms. The summed E-state index contributed by atoms with van der Waals surface area (Å²) in [5.41, 5.74) is 0.968. The first-order valence-corrected chi connectivity index (χ1v) is 5.18. The Hall–Kier alpha value is -2.29. The molecule has 0 N–H and O–H groups in total. The van der Waals surface area contributed by atoms with Crippen LogP contribution in [0.15, 0.2) is 48.6 Å². The molecular formula is C14H11O3. The highest BCUT2D eigenvalue weighted by atomic mass is 16.7. The van der Waals surface area contributed by atoms with Crippen LogP contribution in [0.3, 0.4) is 0 Å². The summed E-state index contributed by atoms with van der Waals surface area (Å²) in [5.74, 6) is 1.54. The van der Waals surface area contributed by atoms with Crippen molar-refractivity contribution in [3.63, 3.8) is 0 Å². The largest absolute Gasteiger partial charge is 0.454 e. The Morgan fingerprint density at radius 1 is 1.12 bits per heavy atom. The van der Waals surface area contributed by atoms with Crippen molar-refractivity contribution in [1.29, 1.82) is 0 Å². The molecule has 0 amide bonds. The molecule has 0 atom stereocenters. The smallest absolute Gasteiger partial charge is 0.231 e. The maximum absolute atomic E-state index is 9.89. The Balaban J connectivity index is 2.06. The molecule has 0 aliphatic carbocycles. The summed E-state index contributed by atoms with van der Waals surface area (Å²) in [5, 5.41) is 0. The van der Waals surface area contributed by atoms with Gasteiger partial charge in [-0.3, -0.25) is 4.79 Å². The van der Waals surface area contributed by atoms with Crippen LogP contribution in [-0.2, 0) is 4.79 Å². The van der Waals surface area contributed by atoms with Crippen molar-refractivity contribution in [2.24, 2.45) is 0 Å². The molecule has 1 aliphatic rings. The van der Waals surface area contributed by atoms with Gasteiger partial charge in [-0.2, -0.15) is 0 Å². The van der Waals surface area contributed by atoms with E-state index < -0.39 is 0 Å². The van der Waals surface area contributed by atoms with Crippen LogP contribution < -0.4 is 9.47 Å². The number of hydrogen-bond acceptors (Lipinski definition) is 3. The van der Waals surface area contributed by atoms with Gasteiger partial charge in [0.2, 0.25) is 13.1 Å². The molecule has 1 aliphatic heterocycles. The van der Waals surface area contributed by atoms with Gasteiger partial charge in [0.15, 0.2) is 11.5 Å². The highest BCUT2D eigenvalue weighted by Crippen LogP contribution is 2.35. The lowest BCUT2D eigenvalue weighted by molar-refractivity contribution is 0.174. The lowest BCUT2D eigenvalue weighted by Gasteiger charge is -1.99. The van der Waals surface area contributed by atoms with Crippen LogP contribution in [0, 0.1) is 0 Å². The van der Waals surface area contributed by atoms with Gasteiger partial charge in [0.25, 0.3) is 0 Å². The maximum Gasteiger partial charge on any atom is 0.231 e. The quantitative estimate of drug-likeness (QED) is 0.586. The standard InChI is InChI=1S/C14H11O3/c15-10-5-3-1-2-4-7-12-8-6-9-13-14(12)17-11-16-13/h1-9H,11H2. The van der Waals surface area contributed by atoms with E-state index in [9.17, 15) is 4.79 Å². The van der Waals surface area contributed by atoms with Crippen LogP contribution in [0.5, 0.6) is 11.5 Å². The molecule has 0 aromatic heterocycles. The number of hydrogen-bond donors (Lipinski definition) is 0. The van der Waals surface area contributed by atoms with Crippen molar-refractivity contribution >= 4 is 12.4 Å². The molecular weight excluding hydrogens is 216 g/mol. The van der Waals surface area contributed by atoms with Crippen LogP contribution in [0.2, 0.25) is 0 Å². The zero-order chi connectivity index (χ0) is 11.9. The van der Waals surface area contributed by atoms with Crippen molar-refractivity contribution in [3.05, 3.63) is 54.1 Å². The molecule has 0 saturated carbocycles. The van der Waals surface area contributed by atoms with E-state index in [1.165, 1.54) is 6.08 Å². The highest BCUT2D eigenvalue weighted by Gasteiger charge is 2.14. The zero-order valence-corrected chi connectivity index (χ0v) is 9.13. The number of allylic oxidation sites excluding steroid dienone is 5. The van der Waals surface area contributed by atoms with E-state index in [0.717, 1.165) is 17.1 Å². The molecule has 1 aromatic rings. The molecule has 3 heteroatoms. The molecule has 85 valence electrons. The molecule has 0 saturated heterocycles. The van der Waals surface area contributed by atoms with Gasteiger partial charge in [0.05, 0.1) is 0 Å². The van der Waals surface area contributed by atoms with Crippen LogP contribution in [0.25, 0.3) is 6.08 Å². The predicted molar refractivity (Wildman–Crippen MR) is 65.6 cm³/mol. The highest BCUT2D eigenvalue weighted by molar-refractivity contribution is 5.66. The van der Waals surface area contributed by atoms with Crippen molar-refractivity contribution in [1.82, 2.24) is 0 Å². The summed E-state index contributed by atoms with van der Waals surface area (Å²) in [4.78, 5) is 9.89. The van der Waals surface area contributed by atoms with Gasteiger partial charge in [0, 0.05) is 5.56 Å². The fourth-order valence-electron chi connectivity index (χ4n) is 1.47. The van der Waals surface area contributed by atoms with Crippen molar-refractivity contribution in [2.75, 3.05) is 6.79 Å². The van der Waals surface area contributed by atoms with E-state index in [2.05, 4.69) is 0 Å². The Kier molecular flexibility index (Phi) is 3.76. The number of benzene rings is 1. The van der Waals surface area contributed by atoms with Gasteiger partial charge >= 0.3 is 0 Å². The second kappa shape index (κ2) is 5.70. The third-order valence-corrected chi connectivity index (χ3v) is 2.20. The number of carbonyl (C=O) groups excluding carboxylic acids is 1. The topological polar surface area (TPSA) is 35.5 Å². The molecule has 0 bridgehead atoms. The minimum Gasteiger partial charge on any atom is -0.454 e. The lowest BCUT2D eigenvalue weighted by Crippen LogP contribution is -1.93. The molecule has 2 rings (SSSR count). The van der Waals surface area contributed by atoms with Gasteiger partial charge in [-0.1, -0.05) is 42.5 Å². The SMILES string of the molecule is O=[C]C=CC=CC=Cc1cccc2c1OCO2. The third-order valence-electron chi connectivity index (χ3n) is 2.20. The predicted octanol–water partition coefficient (Wildman–Crippen LogP) is 2.65. The number of fused-ring (bicyclic) bond motifs is 1. The van der Waals surface area contributed by atoms with Gasteiger partial charge in [0.1, 0.15) is 0 Å². The molecule has 0 spiro atoms. The fraction of sp³-hybridized carbons (Fsp3) is 0.0714. The first-order valence-electron chi connectivity index (χ1n) is 5.18. The van der Waals surface area contributed by atoms with Gasteiger partial charge in [-0.25, -0.2) is 0 Å². The molecule has 0 fully saturated rings. The maximum atomic E-state index is 9.89. The Morgan fingerprint density at radius 2 is 2.00 bits per heavy atom. The number of rotatable bonds is 4. The zero-order valence-electron chi connectivity index (χ0n) is 9.13. The average Bonchev–Trinajstić information content (AvgIpc) is 2.82. The summed E-state index contributed by atoms with van der Waals surface area (Å²) in [6, 6.07) is 5.74. The fourth-order valence-corrected chi connectivity index (χ4v) is 1.47. The first kappa shape index (κ1) is 11.2. The first-order chi connectivity index (χ1) is 8.42. The molecule has 1 radical (unpaired) electrons. The normalized spacial score (nSPS) is 14.1. The Labute approximate surface area is 99.7 Å².